The van der Waals surface area contributed by atoms with Crippen LogP contribution in [-0.2, 0) is 4.79 Å². The molecule has 10 heavy (non-hydrogen) atoms. The van der Waals surface area contributed by atoms with Crippen LogP contribution in [0.1, 0.15) is 20.8 Å². The Morgan fingerprint density at radius 2 is 2.00 bits per heavy atom. The zero-order valence-electron chi connectivity index (χ0n) is 6.65. The number of nitrogens with one attached hydrogen (secondary N) is 1. The van der Waals surface area contributed by atoms with Crippen LogP contribution in [0.25, 0.3) is 0 Å². The van der Waals surface area contributed by atoms with Crippen LogP contribution in [0, 0.1) is 5.92 Å². The normalized spacial score (nSPS) is 13.3. The summed E-state index contributed by atoms with van der Waals surface area (Å²) in [6, 6.07) is 0.0802. The summed E-state index contributed by atoms with van der Waals surface area (Å²) in [7, 11) is 0. The summed E-state index contributed by atoms with van der Waals surface area (Å²) >= 11 is 5.49. The van der Waals surface area contributed by atoms with Crippen molar-refractivity contribution >= 4 is 17.5 Å². The first-order valence-electron chi connectivity index (χ1n) is 3.44. The lowest BCUT2D eigenvalue weighted by Gasteiger charge is -2.11. The van der Waals surface area contributed by atoms with Crippen molar-refractivity contribution in [1.29, 1.82) is 0 Å². The molecule has 0 bridgehead atoms. The van der Waals surface area contributed by atoms with E-state index in [1.54, 1.807) is 0 Å². The second kappa shape index (κ2) is 4.56. The Kier molecular flexibility index (Phi) is 4.45. The first kappa shape index (κ1) is 9.76. The predicted molar refractivity (Wildman–Crippen MR) is 43.2 cm³/mol. The van der Waals surface area contributed by atoms with E-state index in [9.17, 15) is 4.79 Å². The predicted octanol–water partition coefficient (Wildman–Crippen LogP) is 1.39. The zero-order chi connectivity index (χ0) is 8.15. The molecule has 0 aliphatic carbocycles. The minimum absolute atomic E-state index is 0.0469. The molecule has 0 radical (unpaired) electrons. The van der Waals surface area contributed by atoms with Gasteiger partial charge in [0.2, 0.25) is 5.91 Å². The van der Waals surface area contributed by atoms with Gasteiger partial charge in [-0.05, 0) is 6.92 Å². The van der Waals surface area contributed by atoms with Crippen LogP contribution in [0.5, 0.6) is 0 Å². The highest BCUT2D eigenvalue weighted by Gasteiger charge is 2.08. The van der Waals surface area contributed by atoms with Gasteiger partial charge in [-0.25, -0.2) is 0 Å². The average molecular weight is 164 g/mol. The lowest BCUT2D eigenvalue weighted by molar-refractivity contribution is -0.124. The lowest BCUT2D eigenvalue weighted by atomic mass is 10.2. The van der Waals surface area contributed by atoms with Gasteiger partial charge < -0.3 is 5.32 Å². The summed E-state index contributed by atoms with van der Waals surface area (Å²) in [4.78, 5) is 10.9. The van der Waals surface area contributed by atoms with Crippen LogP contribution < -0.4 is 5.32 Å². The summed E-state index contributed by atoms with van der Waals surface area (Å²) in [6.45, 7) is 5.60. The van der Waals surface area contributed by atoms with Crippen LogP contribution in [0.15, 0.2) is 0 Å². The lowest BCUT2D eigenvalue weighted by Crippen LogP contribution is -2.36. The van der Waals surface area contributed by atoms with Crippen molar-refractivity contribution in [3.63, 3.8) is 0 Å². The molecule has 0 heterocycles. The van der Waals surface area contributed by atoms with Gasteiger partial charge in [0.15, 0.2) is 0 Å². The quantitative estimate of drug-likeness (QED) is 0.626. The van der Waals surface area contributed by atoms with E-state index in [4.69, 9.17) is 11.6 Å². The summed E-state index contributed by atoms with van der Waals surface area (Å²) < 4.78 is 0. The minimum Gasteiger partial charge on any atom is -0.352 e. The van der Waals surface area contributed by atoms with Gasteiger partial charge in [0.1, 0.15) is 0 Å². The topological polar surface area (TPSA) is 29.1 Å². The molecule has 60 valence electrons. The molecular weight excluding hydrogens is 150 g/mol. The molecule has 0 aliphatic heterocycles. The molecule has 0 saturated heterocycles. The third-order valence-corrected chi connectivity index (χ3v) is 1.61. The van der Waals surface area contributed by atoms with Gasteiger partial charge in [-0.15, -0.1) is 11.6 Å². The Morgan fingerprint density at radius 1 is 1.50 bits per heavy atom. The first-order chi connectivity index (χ1) is 4.57. The molecule has 0 aromatic rings. The molecule has 1 unspecified atom stereocenters. The maximum Gasteiger partial charge on any atom is 0.222 e. The molecule has 0 spiro atoms. The van der Waals surface area contributed by atoms with Gasteiger partial charge in [0.25, 0.3) is 0 Å². The Labute approximate surface area is 66.9 Å². The Hall–Kier alpha value is -0.240. The molecule has 0 aliphatic rings. The van der Waals surface area contributed by atoms with E-state index >= 15 is 0 Å². The molecule has 0 fully saturated rings. The van der Waals surface area contributed by atoms with E-state index in [2.05, 4.69) is 5.32 Å². The van der Waals surface area contributed by atoms with Crippen molar-refractivity contribution in [2.75, 3.05) is 5.88 Å². The van der Waals surface area contributed by atoms with Gasteiger partial charge in [0, 0.05) is 17.8 Å². The monoisotopic (exact) mass is 163 g/mol. The number of rotatable bonds is 3. The summed E-state index contributed by atoms with van der Waals surface area (Å²) in [6.07, 6.45) is 0. The van der Waals surface area contributed by atoms with Crippen LogP contribution >= 0.6 is 11.6 Å². The molecule has 0 saturated carbocycles. The highest BCUT2D eigenvalue weighted by Crippen LogP contribution is 1.93. The van der Waals surface area contributed by atoms with Crippen molar-refractivity contribution in [2.45, 2.75) is 26.8 Å². The fraction of sp³-hybridized carbons (Fsp3) is 0.857. The standard InChI is InChI=1S/C7H14ClNO/c1-5(2)7(10)9-6(3)4-8/h5-6H,4H2,1-3H3,(H,9,10). The third-order valence-electron chi connectivity index (χ3n) is 1.14. The second-order valence-electron chi connectivity index (χ2n) is 2.72. The Bertz CT molecular complexity index is 114. The molecule has 0 aromatic carbocycles. The van der Waals surface area contributed by atoms with Gasteiger partial charge in [0.05, 0.1) is 0 Å². The van der Waals surface area contributed by atoms with E-state index in [1.165, 1.54) is 0 Å². The number of carbonyl (C=O) groups is 1. The molecule has 0 rings (SSSR count). The molecule has 1 amide bonds. The van der Waals surface area contributed by atoms with Crippen molar-refractivity contribution < 1.29 is 4.79 Å². The van der Waals surface area contributed by atoms with Gasteiger partial charge in [-0.2, -0.15) is 0 Å². The molecule has 3 heteroatoms. The smallest absolute Gasteiger partial charge is 0.222 e. The van der Waals surface area contributed by atoms with E-state index in [1.807, 2.05) is 20.8 Å². The molecule has 0 aromatic heterocycles. The Balaban J connectivity index is 3.57. The Morgan fingerprint density at radius 3 is 2.30 bits per heavy atom. The van der Waals surface area contributed by atoms with Crippen LogP contribution in [0.4, 0.5) is 0 Å². The fourth-order valence-electron chi connectivity index (χ4n) is 0.448. The minimum atomic E-state index is 0.0469. The second-order valence-corrected chi connectivity index (χ2v) is 3.03. The zero-order valence-corrected chi connectivity index (χ0v) is 7.40. The van der Waals surface area contributed by atoms with Crippen LogP contribution in [0.3, 0.4) is 0 Å². The van der Waals surface area contributed by atoms with E-state index in [-0.39, 0.29) is 17.9 Å². The van der Waals surface area contributed by atoms with E-state index in [0.29, 0.717) is 5.88 Å². The van der Waals surface area contributed by atoms with Gasteiger partial charge in [-0.1, -0.05) is 13.8 Å². The van der Waals surface area contributed by atoms with E-state index < -0.39 is 0 Å². The number of alkyl halides is 1. The maximum atomic E-state index is 10.9. The van der Waals surface area contributed by atoms with Crippen LogP contribution in [0.2, 0.25) is 0 Å². The van der Waals surface area contributed by atoms with Crippen molar-refractivity contribution in [3.8, 4) is 0 Å². The first-order valence-corrected chi connectivity index (χ1v) is 3.97. The van der Waals surface area contributed by atoms with E-state index in [0.717, 1.165) is 0 Å². The molecular formula is C7H14ClNO. The summed E-state index contributed by atoms with van der Waals surface area (Å²) in [5.74, 6) is 0.581. The average Bonchev–Trinajstić information content (AvgIpc) is 1.87. The number of hydrogen-bond acceptors (Lipinski definition) is 1. The number of hydrogen-bond donors (Lipinski definition) is 1. The highest BCUT2D eigenvalue weighted by molar-refractivity contribution is 6.18. The molecule has 1 atom stereocenters. The highest BCUT2D eigenvalue weighted by atomic mass is 35.5. The van der Waals surface area contributed by atoms with Crippen molar-refractivity contribution in [2.24, 2.45) is 5.92 Å². The van der Waals surface area contributed by atoms with Gasteiger partial charge >= 0.3 is 0 Å². The number of halogens is 1. The molecule has 1 N–H and O–H groups in total. The van der Waals surface area contributed by atoms with Gasteiger partial charge in [-0.3, -0.25) is 4.79 Å². The third kappa shape index (κ3) is 3.72. The summed E-state index contributed by atoms with van der Waals surface area (Å²) in [5.41, 5.74) is 0. The molecule has 2 nitrogen and oxygen atoms in total. The summed E-state index contributed by atoms with van der Waals surface area (Å²) in [5, 5.41) is 2.76. The number of amides is 1. The maximum absolute atomic E-state index is 10.9. The van der Waals surface area contributed by atoms with Crippen molar-refractivity contribution in [3.05, 3.63) is 0 Å². The van der Waals surface area contributed by atoms with Crippen molar-refractivity contribution in [1.82, 2.24) is 5.32 Å². The largest absolute Gasteiger partial charge is 0.352 e. The SMILES string of the molecule is CC(CCl)NC(=O)C(C)C. The van der Waals surface area contributed by atoms with Crippen LogP contribution in [-0.4, -0.2) is 17.8 Å². The number of carbonyl (C=O) groups excluding carboxylic acids is 1. The fourth-order valence-corrected chi connectivity index (χ4v) is 0.525.